The number of nitrogens with two attached hydrogens (primary N) is 1. The van der Waals surface area contributed by atoms with Crippen LogP contribution in [0.15, 0.2) is 30.5 Å². The fourth-order valence-electron chi connectivity index (χ4n) is 2.09. The topological polar surface area (TPSA) is 80.1 Å². The van der Waals surface area contributed by atoms with Crippen molar-refractivity contribution >= 4 is 16.8 Å². The average molecular weight is 275 g/mol. The van der Waals surface area contributed by atoms with E-state index in [1.54, 1.807) is 7.11 Å². The predicted octanol–water partition coefficient (Wildman–Crippen LogP) is 1.19. The first-order valence-corrected chi connectivity index (χ1v) is 6.73. The Bertz CT molecular complexity index is 579. The zero-order valence-electron chi connectivity index (χ0n) is 11.8. The molecule has 1 unspecified atom stereocenters. The molecule has 0 bridgehead atoms. The summed E-state index contributed by atoms with van der Waals surface area (Å²) in [7, 11) is 1.61. The summed E-state index contributed by atoms with van der Waals surface area (Å²) in [6.45, 7) is 2.36. The van der Waals surface area contributed by atoms with Crippen molar-refractivity contribution in [2.24, 2.45) is 5.73 Å². The van der Waals surface area contributed by atoms with Gasteiger partial charge in [0.1, 0.15) is 0 Å². The van der Waals surface area contributed by atoms with Gasteiger partial charge in [0.15, 0.2) is 0 Å². The van der Waals surface area contributed by atoms with E-state index in [2.05, 4.69) is 10.3 Å². The first-order valence-electron chi connectivity index (χ1n) is 6.73. The number of methoxy groups -OCH3 is 1. The van der Waals surface area contributed by atoms with Gasteiger partial charge < -0.3 is 20.8 Å². The average Bonchev–Trinajstić information content (AvgIpc) is 2.87. The van der Waals surface area contributed by atoms with Crippen LogP contribution in [0.3, 0.4) is 0 Å². The Morgan fingerprint density at radius 3 is 2.95 bits per heavy atom. The molecule has 0 saturated carbocycles. The van der Waals surface area contributed by atoms with Crippen molar-refractivity contribution < 1.29 is 9.53 Å². The highest BCUT2D eigenvalue weighted by molar-refractivity contribution is 5.86. The standard InChI is InChI=1S/C15H21N3O2/c1-10(20-2)8-18-15(19)13(16)7-11-9-17-14-6-4-3-5-12(11)14/h3-6,9-10,13,17H,7-8,16H2,1-2H3,(H,18,19)/t10?,13-/m1/s1. The van der Waals surface area contributed by atoms with Crippen molar-refractivity contribution in [2.75, 3.05) is 13.7 Å². The van der Waals surface area contributed by atoms with Gasteiger partial charge in [0.05, 0.1) is 12.1 Å². The Morgan fingerprint density at radius 2 is 2.20 bits per heavy atom. The van der Waals surface area contributed by atoms with E-state index in [-0.39, 0.29) is 12.0 Å². The number of ether oxygens (including phenoxy) is 1. The van der Waals surface area contributed by atoms with Crippen molar-refractivity contribution in [3.05, 3.63) is 36.0 Å². The van der Waals surface area contributed by atoms with Crippen LogP contribution in [0.2, 0.25) is 0 Å². The summed E-state index contributed by atoms with van der Waals surface area (Å²) in [5.41, 5.74) is 8.08. The van der Waals surface area contributed by atoms with Gasteiger partial charge in [0.25, 0.3) is 0 Å². The van der Waals surface area contributed by atoms with Crippen LogP contribution in [0, 0.1) is 0 Å². The number of hydrogen-bond donors (Lipinski definition) is 3. The number of benzene rings is 1. The summed E-state index contributed by atoms with van der Waals surface area (Å²) in [5, 5.41) is 3.91. The summed E-state index contributed by atoms with van der Waals surface area (Å²) < 4.78 is 5.08. The van der Waals surface area contributed by atoms with Crippen LogP contribution in [0.4, 0.5) is 0 Å². The maximum Gasteiger partial charge on any atom is 0.237 e. The summed E-state index contributed by atoms with van der Waals surface area (Å²) >= 11 is 0. The maximum atomic E-state index is 11.9. The lowest BCUT2D eigenvalue weighted by Crippen LogP contribution is -2.44. The molecule has 0 aliphatic carbocycles. The number of nitrogens with one attached hydrogen (secondary N) is 2. The second-order valence-electron chi connectivity index (χ2n) is 4.96. The Balaban J connectivity index is 1.97. The fraction of sp³-hybridized carbons (Fsp3) is 0.400. The van der Waals surface area contributed by atoms with Gasteiger partial charge in [-0.1, -0.05) is 18.2 Å². The lowest BCUT2D eigenvalue weighted by molar-refractivity contribution is -0.122. The van der Waals surface area contributed by atoms with E-state index in [9.17, 15) is 4.79 Å². The molecule has 108 valence electrons. The largest absolute Gasteiger partial charge is 0.380 e. The number of rotatable bonds is 6. The van der Waals surface area contributed by atoms with E-state index >= 15 is 0 Å². The van der Waals surface area contributed by atoms with Crippen LogP contribution in [0.25, 0.3) is 10.9 Å². The van der Waals surface area contributed by atoms with Gasteiger partial charge in [-0.15, -0.1) is 0 Å². The highest BCUT2D eigenvalue weighted by Gasteiger charge is 2.16. The Hall–Kier alpha value is -1.85. The highest BCUT2D eigenvalue weighted by Crippen LogP contribution is 2.18. The Morgan fingerprint density at radius 1 is 1.45 bits per heavy atom. The number of H-pyrrole nitrogens is 1. The number of aromatic amines is 1. The van der Waals surface area contributed by atoms with Crippen molar-refractivity contribution in [3.63, 3.8) is 0 Å². The molecule has 1 heterocycles. The molecule has 4 N–H and O–H groups in total. The van der Waals surface area contributed by atoms with E-state index < -0.39 is 6.04 Å². The minimum Gasteiger partial charge on any atom is -0.380 e. The summed E-state index contributed by atoms with van der Waals surface area (Å²) in [6.07, 6.45) is 2.41. The molecule has 2 aromatic rings. The number of para-hydroxylation sites is 1. The van der Waals surface area contributed by atoms with Crippen LogP contribution >= 0.6 is 0 Å². The Labute approximate surface area is 118 Å². The van der Waals surface area contributed by atoms with Crippen LogP contribution < -0.4 is 11.1 Å². The van der Waals surface area contributed by atoms with Crippen molar-refractivity contribution in [1.82, 2.24) is 10.3 Å². The van der Waals surface area contributed by atoms with Gasteiger partial charge in [-0.2, -0.15) is 0 Å². The lowest BCUT2D eigenvalue weighted by atomic mass is 10.1. The molecule has 2 atom stereocenters. The molecule has 0 fully saturated rings. The summed E-state index contributed by atoms with van der Waals surface area (Å²) in [4.78, 5) is 15.1. The molecular weight excluding hydrogens is 254 g/mol. The second kappa shape index (κ2) is 6.54. The van der Waals surface area contributed by atoms with Crippen LogP contribution in [-0.4, -0.2) is 36.7 Å². The van der Waals surface area contributed by atoms with Gasteiger partial charge in [0, 0.05) is 30.8 Å². The summed E-state index contributed by atoms with van der Waals surface area (Å²) in [5.74, 6) is -0.154. The number of amides is 1. The third kappa shape index (κ3) is 3.37. The molecule has 2 rings (SSSR count). The molecule has 1 amide bonds. The van der Waals surface area contributed by atoms with E-state index in [0.717, 1.165) is 16.5 Å². The zero-order valence-corrected chi connectivity index (χ0v) is 11.8. The third-order valence-electron chi connectivity index (χ3n) is 3.42. The molecular formula is C15H21N3O2. The normalized spacial score (nSPS) is 14.2. The Kier molecular flexibility index (Phi) is 4.76. The number of aromatic nitrogens is 1. The molecule has 0 radical (unpaired) electrons. The number of carbonyl (C=O) groups excluding carboxylic acids is 1. The third-order valence-corrected chi connectivity index (χ3v) is 3.42. The fourth-order valence-corrected chi connectivity index (χ4v) is 2.09. The van der Waals surface area contributed by atoms with E-state index in [4.69, 9.17) is 10.5 Å². The first kappa shape index (κ1) is 14.6. The molecule has 1 aromatic heterocycles. The van der Waals surface area contributed by atoms with E-state index in [0.29, 0.717) is 13.0 Å². The monoisotopic (exact) mass is 275 g/mol. The minimum atomic E-state index is -0.557. The van der Waals surface area contributed by atoms with Gasteiger partial charge in [0.2, 0.25) is 5.91 Å². The van der Waals surface area contributed by atoms with Crippen LogP contribution in [-0.2, 0) is 16.0 Å². The zero-order chi connectivity index (χ0) is 14.5. The molecule has 5 nitrogen and oxygen atoms in total. The van der Waals surface area contributed by atoms with Crippen molar-refractivity contribution in [1.29, 1.82) is 0 Å². The molecule has 5 heteroatoms. The second-order valence-corrected chi connectivity index (χ2v) is 4.96. The first-order chi connectivity index (χ1) is 9.61. The van der Waals surface area contributed by atoms with E-state index in [1.807, 2.05) is 37.4 Å². The number of hydrogen-bond acceptors (Lipinski definition) is 3. The molecule has 0 spiro atoms. The molecule has 20 heavy (non-hydrogen) atoms. The maximum absolute atomic E-state index is 11.9. The van der Waals surface area contributed by atoms with Crippen LogP contribution in [0.1, 0.15) is 12.5 Å². The van der Waals surface area contributed by atoms with E-state index in [1.165, 1.54) is 0 Å². The SMILES string of the molecule is COC(C)CNC(=O)[C@H](N)Cc1c[nH]c2ccccc12. The molecule has 0 aliphatic rings. The minimum absolute atomic E-state index is 0.0146. The van der Waals surface area contributed by atoms with Crippen molar-refractivity contribution in [2.45, 2.75) is 25.5 Å². The number of carbonyl (C=O) groups is 1. The lowest BCUT2D eigenvalue weighted by Gasteiger charge is -2.14. The van der Waals surface area contributed by atoms with Crippen molar-refractivity contribution in [3.8, 4) is 0 Å². The molecule has 1 aromatic carbocycles. The van der Waals surface area contributed by atoms with Gasteiger partial charge in [-0.3, -0.25) is 4.79 Å². The smallest absolute Gasteiger partial charge is 0.237 e. The van der Waals surface area contributed by atoms with Gasteiger partial charge >= 0.3 is 0 Å². The highest BCUT2D eigenvalue weighted by atomic mass is 16.5. The summed E-state index contributed by atoms with van der Waals surface area (Å²) in [6, 6.07) is 7.43. The van der Waals surface area contributed by atoms with Gasteiger partial charge in [-0.05, 0) is 25.0 Å². The van der Waals surface area contributed by atoms with Gasteiger partial charge in [-0.25, -0.2) is 0 Å². The molecule has 0 aliphatic heterocycles. The predicted molar refractivity (Wildman–Crippen MR) is 79.5 cm³/mol. The molecule has 0 saturated heterocycles. The number of fused-ring (bicyclic) bond motifs is 1. The van der Waals surface area contributed by atoms with Crippen LogP contribution in [0.5, 0.6) is 0 Å². The quantitative estimate of drug-likeness (QED) is 0.741.